The molecule has 112 valence electrons. The van der Waals surface area contributed by atoms with Crippen LogP contribution in [0.4, 0.5) is 0 Å². The van der Waals surface area contributed by atoms with Crippen LogP contribution in [0, 0.1) is 11.3 Å². The molecule has 19 heavy (non-hydrogen) atoms. The van der Waals surface area contributed by atoms with Crippen molar-refractivity contribution in [3.05, 3.63) is 0 Å². The van der Waals surface area contributed by atoms with Crippen LogP contribution in [0.3, 0.4) is 0 Å². The molecule has 0 radical (unpaired) electrons. The Labute approximate surface area is 119 Å². The normalized spacial score (nSPS) is 29.5. The van der Waals surface area contributed by atoms with E-state index in [1.54, 1.807) is 0 Å². The number of rotatable bonds is 6. The zero-order chi connectivity index (χ0) is 13.7. The SMILES string of the molecule is CCCNC(CN1CCCC(C)(C)C1)C1CCOC1. The van der Waals surface area contributed by atoms with Crippen molar-refractivity contribution in [2.75, 3.05) is 39.4 Å². The van der Waals surface area contributed by atoms with Gasteiger partial charge in [-0.3, -0.25) is 0 Å². The summed E-state index contributed by atoms with van der Waals surface area (Å²) in [6, 6.07) is 0.622. The molecule has 2 rings (SSSR count). The van der Waals surface area contributed by atoms with Crippen LogP contribution in [0.1, 0.15) is 46.5 Å². The lowest BCUT2D eigenvalue weighted by molar-refractivity contribution is 0.0945. The van der Waals surface area contributed by atoms with Gasteiger partial charge in [0.2, 0.25) is 0 Å². The summed E-state index contributed by atoms with van der Waals surface area (Å²) in [5.74, 6) is 0.719. The van der Waals surface area contributed by atoms with Gasteiger partial charge in [0.25, 0.3) is 0 Å². The van der Waals surface area contributed by atoms with Crippen molar-refractivity contribution in [3.63, 3.8) is 0 Å². The molecule has 3 nitrogen and oxygen atoms in total. The monoisotopic (exact) mass is 268 g/mol. The van der Waals surface area contributed by atoms with Crippen molar-refractivity contribution in [3.8, 4) is 0 Å². The van der Waals surface area contributed by atoms with Crippen molar-refractivity contribution in [2.45, 2.75) is 52.5 Å². The van der Waals surface area contributed by atoms with Crippen LogP contribution in [0.25, 0.3) is 0 Å². The first-order valence-electron chi connectivity index (χ1n) is 8.14. The molecule has 2 aliphatic heterocycles. The van der Waals surface area contributed by atoms with Gasteiger partial charge in [-0.25, -0.2) is 0 Å². The highest BCUT2D eigenvalue weighted by molar-refractivity contribution is 4.86. The van der Waals surface area contributed by atoms with Crippen molar-refractivity contribution < 1.29 is 4.74 Å². The summed E-state index contributed by atoms with van der Waals surface area (Å²) < 4.78 is 5.59. The molecule has 0 aliphatic carbocycles. The number of piperidine rings is 1. The van der Waals surface area contributed by atoms with Gasteiger partial charge < -0.3 is 15.0 Å². The van der Waals surface area contributed by atoms with Gasteiger partial charge in [-0.1, -0.05) is 20.8 Å². The molecule has 0 aromatic heterocycles. The summed E-state index contributed by atoms with van der Waals surface area (Å²) in [5.41, 5.74) is 0.500. The first-order chi connectivity index (χ1) is 9.11. The molecular weight excluding hydrogens is 236 g/mol. The van der Waals surface area contributed by atoms with E-state index in [1.165, 1.54) is 45.3 Å². The smallest absolute Gasteiger partial charge is 0.0510 e. The fourth-order valence-corrected chi connectivity index (χ4v) is 3.56. The second kappa shape index (κ2) is 7.05. The lowest BCUT2D eigenvalue weighted by Gasteiger charge is -2.40. The molecule has 1 N–H and O–H groups in total. The van der Waals surface area contributed by atoms with Crippen molar-refractivity contribution in [2.24, 2.45) is 11.3 Å². The van der Waals surface area contributed by atoms with Crippen LogP contribution in [-0.4, -0.2) is 50.3 Å². The standard InChI is InChI=1S/C16H32N2O/c1-4-8-17-15(14-6-10-19-12-14)11-18-9-5-7-16(2,3)13-18/h14-15,17H,4-13H2,1-3H3. The maximum atomic E-state index is 5.59. The molecule has 2 saturated heterocycles. The van der Waals surface area contributed by atoms with E-state index in [1.807, 2.05) is 0 Å². The van der Waals surface area contributed by atoms with E-state index in [0.29, 0.717) is 11.5 Å². The van der Waals surface area contributed by atoms with Gasteiger partial charge in [0.05, 0.1) is 6.61 Å². The van der Waals surface area contributed by atoms with E-state index in [-0.39, 0.29) is 0 Å². The quantitative estimate of drug-likeness (QED) is 0.801. The summed E-state index contributed by atoms with van der Waals surface area (Å²) in [7, 11) is 0. The van der Waals surface area contributed by atoms with Crippen LogP contribution in [0.2, 0.25) is 0 Å². The Morgan fingerprint density at radius 3 is 2.89 bits per heavy atom. The Morgan fingerprint density at radius 2 is 2.26 bits per heavy atom. The maximum Gasteiger partial charge on any atom is 0.0510 e. The van der Waals surface area contributed by atoms with Gasteiger partial charge >= 0.3 is 0 Å². The maximum absolute atomic E-state index is 5.59. The molecule has 0 bridgehead atoms. The van der Waals surface area contributed by atoms with Gasteiger partial charge in [-0.05, 0) is 44.2 Å². The van der Waals surface area contributed by atoms with Gasteiger partial charge in [0.15, 0.2) is 0 Å². The molecule has 0 aromatic carbocycles. The third-order valence-electron chi connectivity index (χ3n) is 4.62. The van der Waals surface area contributed by atoms with Crippen LogP contribution in [-0.2, 0) is 4.74 Å². The zero-order valence-corrected chi connectivity index (χ0v) is 13.1. The highest BCUT2D eigenvalue weighted by Crippen LogP contribution is 2.29. The lowest BCUT2D eigenvalue weighted by Crippen LogP contribution is -2.50. The van der Waals surface area contributed by atoms with Crippen LogP contribution in [0.5, 0.6) is 0 Å². The van der Waals surface area contributed by atoms with Crippen LogP contribution < -0.4 is 5.32 Å². The highest BCUT2D eigenvalue weighted by atomic mass is 16.5. The predicted octanol–water partition coefficient (Wildman–Crippen LogP) is 2.51. The van der Waals surface area contributed by atoms with E-state index >= 15 is 0 Å². The minimum absolute atomic E-state index is 0.500. The van der Waals surface area contributed by atoms with Crippen LogP contribution in [0.15, 0.2) is 0 Å². The molecule has 0 saturated carbocycles. The van der Waals surface area contributed by atoms with Gasteiger partial charge in [-0.15, -0.1) is 0 Å². The predicted molar refractivity (Wildman–Crippen MR) is 80.5 cm³/mol. The van der Waals surface area contributed by atoms with Crippen molar-refractivity contribution in [1.29, 1.82) is 0 Å². The van der Waals surface area contributed by atoms with Gasteiger partial charge in [0.1, 0.15) is 0 Å². The molecule has 2 atom stereocenters. The van der Waals surface area contributed by atoms with Gasteiger partial charge in [-0.2, -0.15) is 0 Å². The molecule has 2 unspecified atom stereocenters. The Kier molecular flexibility index (Phi) is 5.67. The van der Waals surface area contributed by atoms with E-state index in [4.69, 9.17) is 4.74 Å². The minimum atomic E-state index is 0.500. The molecular formula is C16H32N2O. The van der Waals surface area contributed by atoms with Gasteiger partial charge in [0, 0.05) is 31.7 Å². The number of hydrogen-bond acceptors (Lipinski definition) is 3. The number of nitrogens with zero attached hydrogens (tertiary/aromatic N) is 1. The highest BCUT2D eigenvalue weighted by Gasteiger charge is 2.31. The largest absolute Gasteiger partial charge is 0.381 e. The summed E-state index contributed by atoms with van der Waals surface area (Å²) in [4.78, 5) is 2.68. The van der Waals surface area contributed by atoms with E-state index < -0.39 is 0 Å². The molecule has 0 aromatic rings. The Bertz CT molecular complexity index is 261. The summed E-state index contributed by atoms with van der Waals surface area (Å²) in [6.07, 6.45) is 5.19. The summed E-state index contributed by atoms with van der Waals surface area (Å²) in [5, 5.41) is 3.76. The Morgan fingerprint density at radius 1 is 1.42 bits per heavy atom. The topological polar surface area (TPSA) is 24.5 Å². The van der Waals surface area contributed by atoms with E-state index in [0.717, 1.165) is 25.7 Å². The number of hydrogen-bond donors (Lipinski definition) is 1. The fourth-order valence-electron chi connectivity index (χ4n) is 3.56. The van der Waals surface area contributed by atoms with Crippen molar-refractivity contribution in [1.82, 2.24) is 10.2 Å². The summed E-state index contributed by atoms with van der Waals surface area (Å²) in [6.45, 7) is 13.9. The molecule has 2 heterocycles. The Balaban J connectivity index is 1.87. The molecule has 0 spiro atoms. The zero-order valence-electron chi connectivity index (χ0n) is 13.1. The molecule has 2 fully saturated rings. The third-order valence-corrected chi connectivity index (χ3v) is 4.62. The van der Waals surface area contributed by atoms with Crippen molar-refractivity contribution >= 4 is 0 Å². The molecule has 3 heteroatoms. The third kappa shape index (κ3) is 4.73. The second-order valence-electron chi connectivity index (χ2n) is 7.19. The average molecular weight is 268 g/mol. The fraction of sp³-hybridized carbons (Fsp3) is 1.00. The van der Waals surface area contributed by atoms with Crippen LogP contribution >= 0.6 is 0 Å². The van der Waals surface area contributed by atoms with E-state index in [2.05, 4.69) is 31.0 Å². The minimum Gasteiger partial charge on any atom is -0.381 e. The number of likely N-dealkylation sites (tertiary alicyclic amines) is 1. The molecule has 0 amide bonds. The average Bonchev–Trinajstić information content (AvgIpc) is 2.87. The first-order valence-corrected chi connectivity index (χ1v) is 8.14. The number of ether oxygens (including phenoxy) is 1. The summed E-state index contributed by atoms with van der Waals surface area (Å²) >= 11 is 0. The second-order valence-corrected chi connectivity index (χ2v) is 7.19. The number of nitrogens with one attached hydrogen (secondary N) is 1. The molecule has 2 aliphatic rings. The first kappa shape index (κ1) is 15.3. The Hall–Kier alpha value is -0.120. The lowest BCUT2D eigenvalue weighted by atomic mass is 9.83. The van der Waals surface area contributed by atoms with E-state index in [9.17, 15) is 0 Å².